The van der Waals surface area contributed by atoms with Crippen LogP contribution in [0.4, 0.5) is 0 Å². The summed E-state index contributed by atoms with van der Waals surface area (Å²) in [6.45, 7) is 10.0. The molecule has 0 rings (SSSR count). The lowest BCUT2D eigenvalue weighted by atomic mass is 9.89. The van der Waals surface area contributed by atoms with Gasteiger partial charge >= 0.3 is 0 Å². The van der Waals surface area contributed by atoms with Gasteiger partial charge in [0.2, 0.25) is 0 Å². The highest BCUT2D eigenvalue weighted by atomic mass is 32.3. The lowest BCUT2D eigenvalue weighted by Gasteiger charge is -2.31. The van der Waals surface area contributed by atoms with Crippen LogP contribution in [0.3, 0.4) is 0 Å². The minimum absolute atomic E-state index is 0.00374. The van der Waals surface area contributed by atoms with Crippen molar-refractivity contribution >= 4 is 21.0 Å². The van der Waals surface area contributed by atoms with Crippen molar-refractivity contribution in [3.8, 4) is 0 Å². The van der Waals surface area contributed by atoms with Gasteiger partial charge in [-0.15, -0.1) is 0 Å². The fraction of sp³-hybridized carbons (Fsp3) is 1.00. The number of ether oxygens (including phenoxy) is 2. The number of hydrogen-bond donors (Lipinski definition) is 4. The third-order valence-electron chi connectivity index (χ3n) is 4.52. The monoisotopic (exact) mass is 462 g/mol. The molecule has 0 radical (unpaired) electrons. The van der Waals surface area contributed by atoms with Gasteiger partial charge in [-0.3, -0.25) is 4.55 Å². The van der Waals surface area contributed by atoms with Crippen molar-refractivity contribution in [3.05, 3.63) is 0 Å². The van der Waals surface area contributed by atoms with Crippen LogP contribution in [0.5, 0.6) is 0 Å². The molecule has 8 nitrogen and oxygen atoms in total. The molecule has 0 saturated carbocycles. The molecule has 0 aliphatic heterocycles. The van der Waals surface area contributed by atoms with E-state index in [2.05, 4.69) is 0 Å². The first kappa shape index (κ1) is 29.1. The number of unbranched alkanes of at least 4 members (excludes halogenated alkanes) is 2. The molecule has 0 heterocycles. The summed E-state index contributed by atoms with van der Waals surface area (Å²) in [7, 11) is -7.38. The van der Waals surface area contributed by atoms with E-state index in [1.807, 2.05) is 27.7 Å². The summed E-state index contributed by atoms with van der Waals surface area (Å²) in [5.41, 5.74) is -0.752. The lowest BCUT2D eigenvalue weighted by Crippen LogP contribution is -2.23. The molecule has 178 valence electrons. The molecule has 10 heteroatoms. The molecule has 0 aromatic rings. The first-order valence-electron chi connectivity index (χ1n) is 10.2. The van der Waals surface area contributed by atoms with Gasteiger partial charge in [0.05, 0.1) is 22.4 Å². The van der Waals surface area contributed by atoms with Crippen LogP contribution in [0.2, 0.25) is 0 Å². The Balaban J connectivity index is 3.50. The molecule has 4 N–H and O–H groups in total. The second kappa shape index (κ2) is 13.5. The molecule has 0 saturated heterocycles. The predicted molar refractivity (Wildman–Crippen MR) is 118 cm³/mol. The Labute approximate surface area is 178 Å². The third-order valence-corrected chi connectivity index (χ3v) is 6.83. The van der Waals surface area contributed by atoms with Crippen LogP contribution in [-0.2, 0) is 19.6 Å². The quantitative estimate of drug-likeness (QED) is 0.167. The molecule has 0 aliphatic carbocycles. The van der Waals surface area contributed by atoms with E-state index in [0.717, 1.165) is 38.5 Å². The van der Waals surface area contributed by atoms with Crippen molar-refractivity contribution in [1.82, 2.24) is 0 Å². The zero-order valence-corrected chi connectivity index (χ0v) is 20.1. The van der Waals surface area contributed by atoms with Gasteiger partial charge in [0.25, 0.3) is 10.1 Å². The fourth-order valence-electron chi connectivity index (χ4n) is 3.24. The largest absolute Gasteiger partial charge is 0.381 e. The predicted octanol–water partition coefficient (Wildman–Crippen LogP) is 4.91. The topological polar surface area (TPSA) is 134 Å². The minimum atomic E-state index is -3.94. The molecule has 0 fully saturated rings. The van der Waals surface area contributed by atoms with Gasteiger partial charge in [-0.05, 0) is 42.9 Å². The maximum absolute atomic E-state index is 11.0. The summed E-state index contributed by atoms with van der Waals surface area (Å²) in [5, 5.41) is 0. The zero-order chi connectivity index (χ0) is 22.6. The van der Waals surface area contributed by atoms with E-state index < -0.39 is 26.4 Å². The summed E-state index contributed by atoms with van der Waals surface area (Å²) in [6, 6.07) is 0. The Kier molecular flexibility index (Phi) is 13.5. The molecular formula is C19H42O8S2. The van der Waals surface area contributed by atoms with Gasteiger partial charge in [-0.25, -0.2) is 0 Å². The van der Waals surface area contributed by atoms with Crippen molar-refractivity contribution in [2.24, 2.45) is 10.8 Å². The summed E-state index contributed by atoms with van der Waals surface area (Å²) in [6.07, 6.45) is 5.79. The van der Waals surface area contributed by atoms with E-state index in [0.29, 0.717) is 32.8 Å². The number of rotatable bonds is 18. The van der Waals surface area contributed by atoms with E-state index in [4.69, 9.17) is 27.7 Å². The Bertz CT molecular complexity index is 527. The number of hydrogen-bond acceptors (Lipinski definition) is 7. The highest BCUT2D eigenvalue weighted by Crippen LogP contribution is 2.42. The van der Waals surface area contributed by atoms with Gasteiger partial charge in [0.15, 0.2) is 0 Å². The Morgan fingerprint density at radius 2 is 1.00 bits per heavy atom. The minimum Gasteiger partial charge on any atom is -0.381 e. The molecule has 0 unspecified atom stereocenters. The Hall–Kier alpha value is 0.0600. The molecular weight excluding hydrogens is 420 g/mol. The molecule has 29 heavy (non-hydrogen) atoms. The van der Waals surface area contributed by atoms with E-state index >= 15 is 0 Å². The molecule has 0 aromatic heterocycles. The van der Waals surface area contributed by atoms with Crippen molar-refractivity contribution in [3.63, 3.8) is 0 Å². The summed E-state index contributed by atoms with van der Waals surface area (Å²) in [5.74, 6) is -0.224. The second-order valence-electron chi connectivity index (χ2n) is 9.32. The van der Waals surface area contributed by atoms with Crippen molar-refractivity contribution in [1.29, 1.82) is 0 Å². The molecule has 0 aliphatic rings. The maximum Gasteiger partial charge on any atom is 0.265 e. The van der Waals surface area contributed by atoms with Crippen LogP contribution in [0.1, 0.15) is 72.6 Å². The van der Waals surface area contributed by atoms with E-state index in [9.17, 15) is 8.42 Å². The van der Waals surface area contributed by atoms with Crippen molar-refractivity contribution in [2.75, 3.05) is 37.9 Å². The zero-order valence-electron chi connectivity index (χ0n) is 18.4. The van der Waals surface area contributed by atoms with E-state index in [1.165, 1.54) is 0 Å². The molecule has 0 spiro atoms. The molecule has 0 amide bonds. The van der Waals surface area contributed by atoms with Gasteiger partial charge in [-0.2, -0.15) is 8.42 Å². The fourth-order valence-corrected chi connectivity index (χ4v) is 5.57. The first-order chi connectivity index (χ1) is 13.1. The summed E-state index contributed by atoms with van der Waals surface area (Å²) >= 11 is 0. The standard InChI is InChI=1S/C19H42O8S2/c1-18(2,16-28(20,21)22)10-5-7-12-26-14-9-15-27-13-8-6-11-19(3,4)17-29(23,24)25/h20-22H,5-17H2,1-4H3,(H,23,24,25). The average molecular weight is 463 g/mol. The van der Waals surface area contributed by atoms with Gasteiger partial charge in [0, 0.05) is 26.4 Å². The highest BCUT2D eigenvalue weighted by molar-refractivity contribution is 8.19. The van der Waals surface area contributed by atoms with Crippen LogP contribution in [0, 0.1) is 10.8 Å². The van der Waals surface area contributed by atoms with Crippen molar-refractivity contribution < 1.29 is 36.1 Å². The van der Waals surface area contributed by atoms with E-state index in [-0.39, 0.29) is 16.9 Å². The Morgan fingerprint density at radius 3 is 1.38 bits per heavy atom. The normalized spacial score (nSPS) is 14.3. The third kappa shape index (κ3) is 21.1. The van der Waals surface area contributed by atoms with Crippen LogP contribution in [0.15, 0.2) is 0 Å². The molecule has 0 aromatic carbocycles. The Morgan fingerprint density at radius 1 is 0.621 bits per heavy atom. The maximum atomic E-state index is 11.0. The van der Waals surface area contributed by atoms with Crippen LogP contribution < -0.4 is 0 Å². The van der Waals surface area contributed by atoms with Crippen molar-refractivity contribution in [2.45, 2.75) is 72.6 Å². The molecule has 0 atom stereocenters. The van der Waals surface area contributed by atoms with Crippen LogP contribution in [-0.4, -0.2) is 64.6 Å². The lowest BCUT2D eigenvalue weighted by molar-refractivity contribution is 0.0782. The second-order valence-corrected chi connectivity index (χ2v) is 12.3. The van der Waals surface area contributed by atoms with Gasteiger partial charge in [0.1, 0.15) is 0 Å². The highest BCUT2D eigenvalue weighted by Gasteiger charge is 2.26. The van der Waals surface area contributed by atoms with Crippen LogP contribution in [0.25, 0.3) is 0 Å². The van der Waals surface area contributed by atoms with Gasteiger partial charge < -0.3 is 23.1 Å². The first-order valence-corrected chi connectivity index (χ1v) is 13.5. The summed E-state index contributed by atoms with van der Waals surface area (Å²) in [4.78, 5) is 0. The van der Waals surface area contributed by atoms with E-state index in [1.54, 1.807) is 0 Å². The summed E-state index contributed by atoms with van der Waals surface area (Å²) < 4.78 is 69.4. The SMILES string of the molecule is CC(C)(CCCCOCCCOCCCCC(C)(C)CS(=O)(=O)O)CS(O)(O)O. The smallest absolute Gasteiger partial charge is 0.265 e. The van der Waals surface area contributed by atoms with Crippen LogP contribution >= 0.6 is 10.9 Å². The average Bonchev–Trinajstić information content (AvgIpc) is 2.46. The van der Waals surface area contributed by atoms with Gasteiger partial charge in [-0.1, -0.05) is 40.5 Å². The molecule has 0 bridgehead atoms.